The van der Waals surface area contributed by atoms with E-state index >= 15 is 0 Å². The molecule has 2 N–H and O–H groups in total. The minimum atomic E-state index is -1.16. The molecule has 0 saturated heterocycles. The molecule has 37 heavy (non-hydrogen) atoms. The number of aromatic nitrogens is 1. The molecule has 0 aliphatic carbocycles. The van der Waals surface area contributed by atoms with Crippen molar-refractivity contribution in [3.8, 4) is 0 Å². The number of rotatable bonds is 11. The zero-order chi connectivity index (χ0) is 26.3. The van der Waals surface area contributed by atoms with Crippen molar-refractivity contribution in [1.29, 1.82) is 0 Å². The van der Waals surface area contributed by atoms with E-state index in [0.717, 1.165) is 38.9 Å². The van der Waals surface area contributed by atoms with Gasteiger partial charge in [-0.15, -0.1) is 0 Å². The van der Waals surface area contributed by atoms with Crippen molar-refractivity contribution in [2.24, 2.45) is 0 Å². The number of ether oxygens (including phenoxy) is 2. The number of fused-ring (bicyclic) bond motifs is 1. The number of methoxy groups -OCH3 is 1. The maximum absolute atomic E-state index is 11.0. The van der Waals surface area contributed by atoms with Crippen LogP contribution >= 0.6 is 11.6 Å². The van der Waals surface area contributed by atoms with Crippen LogP contribution in [-0.2, 0) is 21.5 Å². The van der Waals surface area contributed by atoms with Crippen molar-refractivity contribution in [2.45, 2.75) is 31.5 Å². The summed E-state index contributed by atoms with van der Waals surface area (Å²) in [7, 11) is 1.55. The van der Waals surface area contributed by atoms with E-state index in [1.807, 2.05) is 91.0 Å². The zero-order valence-electron chi connectivity index (χ0n) is 21.1. The lowest BCUT2D eigenvalue weighted by molar-refractivity contribution is -0.0980. The van der Waals surface area contributed by atoms with Crippen molar-refractivity contribution in [3.63, 3.8) is 0 Å². The molecule has 0 aliphatic rings. The van der Waals surface area contributed by atoms with Crippen molar-refractivity contribution < 1.29 is 19.7 Å². The van der Waals surface area contributed by atoms with Crippen LogP contribution < -0.4 is 0 Å². The Morgan fingerprint density at radius 2 is 1.81 bits per heavy atom. The maximum Gasteiger partial charge on any atom is 0.146 e. The number of hydrogen-bond donors (Lipinski definition) is 2. The fourth-order valence-corrected chi connectivity index (χ4v) is 4.54. The molecular weight excluding hydrogens is 486 g/mol. The number of hydrogen-bond acceptors (Lipinski definition) is 5. The van der Waals surface area contributed by atoms with Crippen LogP contribution in [0.3, 0.4) is 0 Å². The third-order valence-electron chi connectivity index (χ3n) is 6.29. The topological polar surface area (TPSA) is 71.8 Å². The smallest absolute Gasteiger partial charge is 0.146 e. The molecule has 0 radical (unpaired) electrons. The summed E-state index contributed by atoms with van der Waals surface area (Å²) in [4.78, 5) is 4.67. The van der Waals surface area contributed by atoms with Crippen LogP contribution in [0.25, 0.3) is 23.1 Å². The predicted molar refractivity (Wildman–Crippen MR) is 149 cm³/mol. The summed E-state index contributed by atoms with van der Waals surface area (Å²) in [5.41, 5.74) is 4.11. The zero-order valence-corrected chi connectivity index (χ0v) is 21.9. The Balaban J connectivity index is 1.43. The van der Waals surface area contributed by atoms with Crippen LogP contribution in [0.4, 0.5) is 0 Å². The summed E-state index contributed by atoms with van der Waals surface area (Å²) in [6, 6.07) is 25.2. The highest BCUT2D eigenvalue weighted by Crippen LogP contribution is 2.28. The Bertz CT molecular complexity index is 1370. The number of aryl methyl sites for hydroxylation is 1. The quantitative estimate of drug-likeness (QED) is 0.174. The minimum Gasteiger partial charge on any atom is -0.388 e. The molecule has 0 amide bonds. The number of nitrogens with zero attached hydrogens (tertiary/aromatic N) is 1. The fourth-order valence-electron chi connectivity index (χ4n) is 4.37. The van der Waals surface area contributed by atoms with Gasteiger partial charge in [0.25, 0.3) is 0 Å². The fraction of sp³-hybridized carbons (Fsp3) is 0.258. The van der Waals surface area contributed by atoms with Gasteiger partial charge in [0, 0.05) is 17.5 Å². The standard InChI is InChI=1S/C31H32ClNO4/c1-31(35,20-37-21-36-2)28-9-4-3-7-23(28)13-17-30(34)25-8-5-6-22(18-25)10-15-27-16-12-24-11-14-26(32)19-29(24)33-27/h3-12,14-16,18-19,30,34-35H,13,17,20-21H2,1-2H3/t30-,31?/m0/s1. The van der Waals surface area contributed by atoms with E-state index in [0.29, 0.717) is 17.9 Å². The SMILES string of the molecule is COCOCC(C)(O)c1ccccc1CC[C@H](O)c1cccc(C=Cc2ccc3ccc(Cl)cc3n2)c1. The summed E-state index contributed by atoms with van der Waals surface area (Å²) < 4.78 is 10.3. The van der Waals surface area contributed by atoms with Crippen LogP contribution in [0.15, 0.2) is 78.9 Å². The molecule has 1 heterocycles. The van der Waals surface area contributed by atoms with Gasteiger partial charge in [0.1, 0.15) is 12.4 Å². The maximum atomic E-state index is 11.0. The highest BCUT2D eigenvalue weighted by atomic mass is 35.5. The molecule has 4 rings (SSSR count). The minimum absolute atomic E-state index is 0.118. The summed E-state index contributed by atoms with van der Waals surface area (Å²) in [6.45, 7) is 1.97. The molecule has 1 aromatic heterocycles. The van der Waals surface area contributed by atoms with E-state index in [-0.39, 0.29) is 13.4 Å². The van der Waals surface area contributed by atoms with Crippen LogP contribution in [0, 0.1) is 0 Å². The number of benzene rings is 3. The second kappa shape index (κ2) is 12.5. The highest BCUT2D eigenvalue weighted by Gasteiger charge is 2.26. The summed E-state index contributed by atoms with van der Waals surface area (Å²) in [6.07, 6.45) is 4.43. The van der Waals surface area contributed by atoms with Gasteiger partial charge < -0.3 is 19.7 Å². The van der Waals surface area contributed by atoms with E-state index in [4.69, 9.17) is 21.1 Å². The van der Waals surface area contributed by atoms with Crippen molar-refractivity contribution >= 4 is 34.7 Å². The average Bonchev–Trinajstić information content (AvgIpc) is 2.90. The normalized spacial score (nSPS) is 14.2. The van der Waals surface area contributed by atoms with E-state index < -0.39 is 11.7 Å². The van der Waals surface area contributed by atoms with Gasteiger partial charge >= 0.3 is 0 Å². The highest BCUT2D eigenvalue weighted by molar-refractivity contribution is 6.31. The molecule has 192 valence electrons. The third kappa shape index (κ3) is 7.25. The molecule has 6 heteroatoms. The van der Waals surface area contributed by atoms with Gasteiger partial charge in [-0.25, -0.2) is 4.98 Å². The molecule has 0 saturated carbocycles. The van der Waals surface area contributed by atoms with Crippen LogP contribution in [-0.4, -0.2) is 35.7 Å². The summed E-state index contributed by atoms with van der Waals surface area (Å²) in [5, 5.41) is 23.6. The number of aliphatic hydroxyl groups is 2. The summed E-state index contributed by atoms with van der Waals surface area (Å²) >= 11 is 6.11. The van der Waals surface area contributed by atoms with E-state index in [1.54, 1.807) is 14.0 Å². The van der Waals surface area contributed by atoms with Gasteiger partial charge in [-0.05, 0) is 72.4 Å². The van der Waals surface area contributed by atoms with Crippen molar-refractivity contribution in [2.75, 3.05) is 20.5 Å². The predicted octanol–water partition coefficient (Wildman–Crippen LogP) is 6.55. The molecule has 5 nitrogen and oxygen atoms in total. The monoisotopic (exact) mass is 517 g/mol. The summed E-state index contributed by atoms with van der Waals surface area (Å²) in [5.74, 6) is 0. The first kappa shape index (κ1) is 27.0. The number of pyridine rings is 1. The lowest BCUT2D eigenvalue weighted by Gasteiger charge is -2.26. The lowest BCUT2D eigenvalue weighted by atomic mass is 9.89. The molecule has 3 aromatic carbocycles. The molecular formula is C31H32ClNO4. The van der Waals surface area contributed by atoms with Gasteiger partial charge in [-0.1, -0.05) is 72.3 Å². The first-order valence-electron chi connectivity index (χ1n) is 12.3. The van der Waals surface area contributed by atoms with Crippen LogP contribution in [0.5, 0.6) is 0 Å². The number of halogens is 1. The van der Waals surface area contributed by atoms with E-state index in [9.17, 15) is 10.2 Å². The molecule has 4 aromatic rings. The van der Waals surface area contributed by atoms with Gasteiger partial charge in [-0.2, -0.15) is 0 Å². The van der Waals surface area contributed by atoms with Crippen LogP contribution in [0.1, 0.15) is 47.4 Å². The largest absolute Gasteiger partial charge is 0.388 e. The molecule has 0 bridgehead atoms. The molecule has 1 unspecified atom stereocenters. The molecule has 0 fully saturated rings. The lowest BCUT2D eigenvalue weighted by Crippen LogP contribution is -2.29. The second-order valence-corrected chi connectivity index (χ2v) is 9.75. The third-order valence-corrected chi connectivity index (χ3v) is 6.52. The van der Waals surface area contributed by atoms with Crippen molar-refractivity contribution in [1.82, 2.24) is 4.98 Å². The Kier molecular flexibility index (Phi) is 9.09. The molecule has 2 atom stereocenters. The van der Waals surface area contributed by atoms with Gasteiger partial charge in [0.15, 0.2) is 0 Å². The van der Waals surface area contributed by atoms with Gasteiger partial charge in [0.05, 0.1) is 23.9 Å². The van der Waals surface area contributed by atoms with Gasteiger partial charge in [0.2, 0.25) is 0 Å². The van der Waals surface area contributed by atoms with Crippen molar-refractivity contribution in [3.05, 3.63) is 112 Å². The molecule has 0 aliphatic heterocycles. The Labute approximate surface area is 223 Å². The van der Waals surface area contributed by atoms with E-state index in [1.165, 1.54) is 0 Å². The first-order chi connectivity index (χ1) is 17.9. The molecule has 0 spiro atoms. The Morgan fingerprint density at radius 3 is 2.65 bits per heavy atom. The van der Waals surface area contributed by atoms with E-state index in [2.05, 4.69) is 4.98 Å². The second-order valence-electron chi connectivity index (χ2n) is 9.32. The van der Waals surface area contributed by atoms with Crippen LogP contribution in [0.2, 0.25) is 5.02 Å². The number of aliphatic hydroxyl groups excluding tert-OH is 1. The Morgan fingerprint density at radius 1 is 1.00 bits per heavy atom. The first-order valence-corrected chi connectivity index (χ1v) is 12.6. The van der Waals surface area contributed by atoms with Gasteiger partial charge in [-0.3, -0.25) is 0 Å². The Hall–Kier alpha value is -3.06. The average molecular weight is 518 g/mol.